The van der Waals surface area contributed by atoms with Gasteiger partial charge in [-0.15, -0.1) is 11.3 Å². The molecule has 0 aliphatic carbocycles. The minimum Gasteiger partial charge on any atom is -0.316 e. The van der Waals surface area contributed by atoms with Gasteiger partial charge in [-0.3, -0.25) is 0 Å². The molecule has 0 aliphatic heterocycles. The largest absolute Gasteiger partial charge is 0.316 e. The highest BCUT2D eigenvalue weighted by Gasteiger charge is 2.25. The molecule has 2 unspecified atom stereocenters. The summed E-state index contributed by atoms with van der Waals surface area (Å²) in [7, 11) is 2.26. The Morgan fingerprint density at radius 1 is 1.42 bits per heavy atom. The molecule has 0 spiro atoms. The molecule has 3 heteroatoms. The van der Waals surface area contributed by atoms with Gasteiger partial charge in [-0.1, -0.05) is 26.8 Å². The number of hydrogen-bond donors (Lipinski definition) is 1. The first-order chi connectivity index (χ1) is 9.00. The molecule has 0 fully saturated rings. The fourth-order valence-corrected chi connectivity index (χ4v) is 3.18. The average Bonchev–Trinajstić information content (AvgIpc) is 2.89. The summed E-state index contributed by atoms with van der Waals surface area (Å²) in [6.07, 6.45) is 2.38. The van der Waals surface area contributed by atoms with Crippen LogP contribution < -0.4 is 5.32 Å². The highest BCUT2D eigenvalue weighted by atomic mass is 32.1. The van der Waals surface area contributed by atoms with Crippen LogP contribution in [0.5, 0.6) is 0 Å². The molecule has 0 saturated heterocycles. The molecule has 0 bridgehead atoms. The average molecular weight is 282 g/mol. The van der Waals surface area contributed by atoms with Gasteiger partial charge in [0.05, 0.1) is 0 Å². The maximum atomic E-state index is 3.51. The van der Waals surface area contributed by atoms with Crippen LogP contribution in [-0.2, 0) is 6.42 Å². The molecule has 110 valence electrons. The molecule has 0 amide bonds. The fraction of sp³-hybridized carbons (Fsp3) is 0.750. The monoisotopic (exact) mass is 282 g/mol. The molecule has 0 saturated carbocycles. The minimum atomic E-state index is 0.370. The van der Waals surface area contributed by atoms with Gasteiger partial charge >= 0.3 is 0 Å². The minimum absolute atomic E-state index is 0.370. The van der Waals surface area contributed by atoms with Gasteiger partial charge in [-0.2, -0.15) is 0 Å². The van der Waals surface area contributed by atoms with E-state index in [9.17, 15) is 0 Å². The molecule has 1 heterocycles. The van der Waals surface area contributed by atoms with Crippen molar-refractivity contribution in [2.24, 2.45) is 5.41 Å². The Hall–Kier alpha value is -0.380. The summed E-state index contributed by atoms with van der Waals surface area (Å²) in [5.74, 6) is 0. The van der Waals surface area contributed by atoms with Crippen LogP contribution in [0.3, 0.4) is 0 Å². The van der Waals surface area contributed by atoms with Crippen molar-refractivity contribution in [2.75, 3.05) is 26.7 Å². The second kappa shape index (κ2) is 8.03. The Morgan fingerprint density at radius 3 is 2.68 bits per heavy atom. The second-order valence-corrected chi connectivity index (χ2v) is 7.02. The summed E-state index contributed by atoms with van der Waals surface area (Å²) in [4.78, 5) is 4.00. The number of rotatable bonds is 9. The molecule has 1 rings (SSSR count). The third-order valence-corrected chi connectivity index (χ3v) is 5.01. The van der Waals surface area contributed by atoms with E-state index in [1.165, 1.54) is 11.3 Å². The number of nitrogens with one attached hydrogen (secondary N) is 1. The molecule has 0 aromatic carbocycles. The van der Waals surface area contributed by atoms with Crippen molar-refractivity contribution in [1.82, 2.24) is 10.2 Å². The van der Waals surface area contributed by atoms with Crippen LogP contribution in [0.4, 0.5) is 0 Å². The van der Waals surface area contributed by atoms with E-state index in [0.717, 1.165) is 26.1 Å². The van der Waals surface area contributed by atoms with E-state index in [0.29, 0.717) is 11.5 Å². The summed E-state index contributed by atoms with van der Waals surface area (Å²) in [5.41, 5.74) is 0.370. The van der Waals surface area contributed by atoms with Crippen LogP contribution in [0.1, 0.15) is 39.0 Å². The highest BCUT2D eigenvalue weighted by molar-refractivity contribution is 7.09. The first-order valence-corrected chi connectivity index (χ1v) is 8.32. The van der Waals surface area contributed by atoms with Gasteiger partial charge in [0.1, 0.15) is 0 Å². The molecule has 2 nitrogen and oxygen atoms in total. The molecule has 0 aliphatic rings. The van der Waals surface area contributed by atoms with Crippen molar-refractivity contribution in [3.63, 3.8) is 0 Å². The van der Waals surface area contributed by atoms with E-state index in [1.54, 1.807) is 0 Å². The maximum absolute atomic E-state index is 3.51. The van der Waals surface area contributed by atoms with Crippen LogP contribution in [-0.4, -0.2) is 37.6 Å². The standard InChI is InChI=1S/C16H30N2S/c1-6-16(4,12-17-7-2)13-18(5)14(3)11-15-9-8-10-19-15/h8-10,14,17H,6-7,11-13H2,1-5H3. The molecule has 19 heavy (non-hydrogen) atoms. The van der Waals surface area contributed by atoms with Gasteiger partial charge in [-0.25, -0.2) is 0 Å². The number of thiophene rings is 1. The first kappa shape index (κ1) is 16.7. The van der Waals surface area contributed by atoms with Crippen molar-refractivity contribution < 1.29 is 0 Å². The number of nitrogens with zero attached hydrogens (tertiary/aromatic N) is 1. The lowest BCUT2D eigenvalue weighted by Crippen LogP contribution is -2.44. The Balaban J connectivity index is 2.48. The molecule has 1 aromatic heterocycles. The molecule has 2 atom stereocenters. The van der Waals surface area contributed by atoms with Crippen molar-refractivity contribution in [2.45, 2.75) is 46.6 Å². The smallest absolute Gasteiger partial charge is 0.0112 e. The van der Waals surface area contributed by atoms with Crippen molar-refractivity contribution in [3.8, 4) is 0 Å². The van der Waals surface area contributed by atoms with Crippen LogP contribution in [0, 0.1) is 5.41 Å². The summed E-state index contributed by atoms with van der Waals surface area (Å²) >= 11 is 1.87. The summed E-state index contributed by atoms with van der Waals surface area (Å²) in [5, 5.41) is 5.68. The lowest BCUT2D eigenvalue weighted by atomic mass is 9.86. The van der Waals surface area contributed by atoms with Crippen LogP contribution in [0.2, 0.25) is 0 Å². The Bertz CT molecular complexity index is 337. The number of hydrogen-bond acceptors (Lipinski definition) is 3. The zero-order chi connectivity index (χ0) is 14.3. The zero-order valence-corrected chi connectivity index (χ0v) is 14.0. The maximum Gasteiger partial charge on any atom is 0.0112 e. The molecule has 1 N–H and O–H groups in total. The first-order valence-electron chi connectivity index (χ1n) is 7.44. The van der Waals surface area contributed by atoms with E-state index in [1.807, 2.05) is 11.3 Å². The Kier molecular flexibility index (Phi) is 7.05. The van der Waals surface area contributed by atoms with Gasteiger partial charge in [0.15, 0.2) is 0 Å². The molecular weight excluding hydrogens is 252 g/mol. The summed E-state index contributed by atoms with van der Waals surface area (Å²) < 4.78 is 0. The van der Waals surface area contributed by atoms with E-state index in [2.05, 4.69) is 62.5 Å². The topological polar surface area (TPSA) is 15.3 Å². The van der Waals surface area contributed by atoms with Crippen molar-refractivity contribution in [1.29, 1.82) is 0 Å². The normalized spacial score (nSPS) is 16.5. The Labute approximate surface area is 123 Å². The van der Waals surface area contributed by atoms with E-state index < -0.39 is 0 Å². The van der Waals surface area contributed by atoms with Gasteiger partial charge in [0, 0.05) is 24.0 Å². The molecule has 0 radical (unpaired) electrons. The third-order valence-electron chi connectivity index (χ3n) is 4.12. The highest BCUT2D eigenvalue weighted by Crippen LogP contribution is 2.23. The van der Waals surface area contributed by atoms with Crippen LogP contribution in [0.15, 0.2) is 17.5 Å². The molecular formula is C16H30N2S. The molecule has 1 aromatic rings. The lowest BCUT2D eigenvalue weighted by Gasteiger charge is -2.36. The quantitative estimate of drug-likeness (QED) is 0.744. The Morgan fingerprint density at radius 2 is 2.16 bits per heavy atom. The lowest BCUT2D eigenvalue weighted by molar-refractivity contribution is 0.147. The van der Waals surface area contributed by atoms with E-state index >= 15 is 0 Å². The predicted molar refractivity (Wildman–Crippen MR) is 87.1 cm³/mol. The van der Waals surface area contributed by atoms with Crippen LogP contribution >= 0.6 is 11.3 Å². The van der Waals surface area contributed by atoms with Gasteiger partial charge in [-0.05, 0) is 50.2 Å². The van der Waals surface area contributed by atoms with Gasteiger partial charge < -0.3 is 10.2 Å². The summed E-state index contributed by atoms with van der Waals surface area (Å²) in [6.45, 7) is 12.5. The van der Waals surface area contributed by atoms with Crippen LogP contribution in [0.25, 0.3) is 0 Å². The second-order valence-electron chi connectivity index (χ2n) is 5.99. The third kappa shape index (κ3) is 5.64. The van der Waals surface area contributed by atoms with Gasteiger partial charge in [0.2, 0.25) is 0 Å². The van der Waals surface area contributed by atoms with Crippen molar-refractivity contribution in [3.05, 3.63) is 22.4 Å². The fourth-order valence-electron chi connectivity index (χ4n) is 2.35. The van der Waals surface area contributed by atoms with Crippen molar-refractivity contribution >= 4 is 11.3 Å². The summed E-state index contributed by atoms with van der Waals surface area (Å²) in [6, 6.07) is 4.99. The van der Waals surface area contributed by atoms with E-state index in [-0.39, 0.29) is 0 Å². The predicted octanol–water partition coefficient (Wildman–Crippen LogP) is 3.64. The zero-order valence-electron chi connectivity index (χ0n) is 13.2. The SMILES string of the molecule is CCNCC(C)(CC)CN(C)C(C)Cc1cccs1. The van der Waals surface area contributed by atoms with Gasteiger partial charge in [0.25, 0.3) is 0 Å². The van der Waals surface area contributed by atoms with E-state index in [4.69, 9.17) is 0 Å². The number of likely N-dealkylation sites (N-methyl/N-ethyl adjacent to an activating group) is 1.